The molecule has 0 radical (unpaired) electrons. The number of nitrogens with zero attached hydrogens (tertiary/aromatic N) is 1. The third-order valence-corrected chi connectivity index (χ3v) is 5.06. The number of alkyl halides is 4. The molecule has 7 nitrogen and oxygen atoms in total. The van der Waals surface area contributed by atoms with Crippen LogP contribution in [0.1, 0.15) is 44.6 Å². The molecular weight excluding hydrogens is 412 g/mol. The minimum Gasteiger partial charge on any atom is -0.473 e. The summed E-state index contributed by atoms with van der Waals surface area (Å²) in [4.78, 5) is 20.3. The maximum atomic E-state index is 13.3. The van der Waals surface area contributed by atoms with Gasteiger partial charge < -0.3 is 25.2 Å². The standard InChI is InChI=1S/C17H22F4N2O.C2H2O4/c1-10-9-23(14-5-3-2-4-13(14)22-10)11-6-7-15(24-17(20)21)12(8-11)16(18)19;3-1(4)2(5)6/h6-8,10,13-14,16-17,22H,2-5,9H2,1H3;(H,3,4)(H,5,6)/t10-,13+,14+;/m1./s1. The van der Waals surface area contributed by atoms with Crippen LogP contribution in [-0.2, 0) is 9.59 Å². The lowest BCUT2D eigenvalue weighted by Crippen LogP contribution is -2.62. The predicted molar refractivity (Wildman–Crippen MR) is 99.3 cm³/mol. The number of benzene rings is 1. The third-order valence-electron chi connectivity index (χ3n) is 5.06. The molecule has 1 saturated carbocycles. The summed E-state index contributed by atoms with van der Waals surface area (Å²) >= 11 is 0. The van der Waals surface area contributed by atoms with Gasteiger partial charge in [0.1, 0.15) is 5.75 Å². The molecule has 1 aliphatic carbocycles. The minimum absolute atomic E-state index is 0.247. The summed E-state index contributed by atoms with van der Waals surface area (Å²) < 4.78 is 55.6. The highest BCUT2D eigenvalue weighted by Crippen LogP contribution is 2.37. The van der Waals surface area contributed by atoms with E-state index in [1.165, 1.54) is 12.1 Å². The number of fused-ring (bicyclic) bond motifs is 1. The zero-order valence-electron chi connectivity index (χ0n) is 16.2. The van der Waals surface area contributed by atoms with E-state index in [0.29, 0.717) is 18.3 Å². The maximum Gasteiger partial charge on any atom is 0.414 e. The Morgan fingerprint density at radius 3 is 2.33 bits per heavy atom. The number of hydrogen-bond acceptors (Lipinski definition) is 5. The zero-order valence-corrected chi connectivity index (χ0v) is 16.2. The Hall–Kier alpha value is -2.56. The summed E-state index contributed by atoms with van der Waals surface area (Å²) in [5, 5.41) is 18.4. The molecule has 2 aliphatic rings. The van der Waals surface area contributed by atoms with Crippen LogP contribution in [0.5, 0.6) is 5.75 Å². The van der Waals surface area contributed by atoms with Gasteiger partial charge in [0.05, 0.1) is 5.56 Å². The average molecular weight is 436 g/mol. The lowest BCUT2D eigenvalue weighted by atomic mass is 9.86. The number of halogens is 4. The Balaban J connectivity index is 0.000000469. The van der Waals surface area contributed by atoms with E-state index in [1.54, 1.807) is 6.07 Å². The number of carboxylic acid groups (broad SMARTS) is 2. The fourth-order valence-corrected chi connectivity index (χ4v) is 3.91. The van der Waals surface area contributed by atoms with Gasteiger partial charge in [0.15, 0.2) is 0 Å². The van der Waals surface area contributed by atoms with Crippen LogP contribution in [-0.4, -0.2) is 53.4 Å². The van der Waals surface area contributed by atoms with E-state index in [0.717, 1.165) is 25.7 Å². The van der Waals surface area contributed by atoms with Gasteiger partial charge in [-0.2, -0.15) is 8.78 Å². The molecule has 0 spiro atoms. The van der Waals surface area contributed by atoms with E-state index in [-0.39, 0.29) is 12.1 Å². The Bertz CT molecular complexity index is 738. The summed E-state index contributed by atoms with van der Waals surface area (Å²) in [6.45, 7) is -0.339. The molecule has 3 rings (SSSR count). The van der Waals surface area contributed by atoms with Crippen molar-refractivity contribution in [3.05, 3.63) is 23.8 Å². The van der Waals surface area contributed by atoms with E-state index in [4.69, 9.17) is 19.8 Å². The first-order valence-electron chi connectivity index (χ1n) is 9.46. The quantitative estimate of drug-likeness (QED) is 0.491. The highest BCUT2D eigenvalue weighted by Gasteiger charge is 2.36. The molecule has 3 N–H and O–H groups in total. The lowest BCUT2D eigenvalue weighted by molar-refractivity contribution is -0.159. The molecule has 0 bridgehead atoms. The molecule has 168 valence electrons. The minimum atomic E-state index is -3.12. The van der Waals surface area contributed by atoms with Crippen molar-refractivity contribution < 1.29 is 42.1 Å². The summed E-state index contributed by atoms with van der Waals surface area (Å²) in [5.41, 5.74) is 0.170. The molecule has 1 aliphatic heterocycles. The van der Waals surface area contributed by atoms with Gasteiger partial charge in [-0.1, -0.05) is 12.8 Å². The van der Waals surface area contributed by atoms with Crippen molar-refractivity contribution in [2.45, 2.75) is 63.8 Å². The van der Waals surface area contributed by atoms with Crippen LogP contribution in [0.3, 0.4) is 0 Å². The van der Waals surface area contributed by atoms with E-state index in [1.807, 2.05) is 0 Å². The first kappa shape index (κ1) is 23.7. The predicted octanol–water partition coefficient (Wildman–Crippen LogP) is 3.49. The fourth-order valence-electron chi connectivity index (χ4n) is 3.91. The number of ether oxygens (including phenoxy) is 1. The average Bonchev–Trinajstić information content (AvgIpc) is 2.67. The van der Waals surface area contributed by atoms with Crippen molar-refractivity contribution in [2.75, 3.05) is 11.4 Å². The van der Waals surface area contributed by atoms with Gasteiger partial charge in [-0.3, -0.25) is 0 Å². The molecule has 1 heterocycles. The highest BCUT2D eigenvalue weighted by molar-refractivity contribution is 6.27. The normalized spacial score (nSPS) is 23.4. The number of anilines is 1. The van der Waals surface area contributed by atoms with Crippen molar-refractivity contribution in [3.8, 4) is 5.75 Å². The molecule has 0 amide bonds. The molecule has 1 aromatic rings. The van der Waals surface area contributed by atoms with Crippen molar-refractivity contribution in [2.24, 2.45) is 0 Å². The zero-order chi connectivity index (χ0) is 22.4. The van der Waals surface area contributed by atoms with Crippen LogP contribution in [0.4, 0.5) is 23.2 Å². The van der Waals surface area contributed by atoms with Crippen LogP contribution in [0, 0.1) is 0 Å². The molecule has 0 unspecified atom stereocenters. The SMILES string of the molecule is C[C@@H]1CN(c2ccc(OC(F)F)c(C(F)F)c2)[C@H]2CCCC[C@@H]2N1.O=C(O)C(=O)O. The van der Waals surface area contributed by atoms with Gasteiger partial charge in [0.25, 0.3) is 6.43 Å². The van der Waals surface area contributed by atoms with Gasteiger partial charge in [-0.15, -0.1) is 0 Å². The largest absolute Gasteiger partial charge is 0.473 e. The number of carbonyl (C=O) groups is 2. The van der Waals surface area contributed by atoms with Gasteiger partial charge in [-0.05, 0) is 38.0 Å². The molecule has 3 atom stereocenters. The second-order valence-corrected chi connectivity index (χ2v) is 7.19. The molecule has 30 heavy (non-hydrogen) atoms. The Morgan fingerprint density at radius 1 is 1.13 bits per heavy atom. The van der Waals surface area contributed by atoms with Gasteiger partial charge in [0.2, 0.25) is 0 Å². The van der Waals surface area contributed by atoms with E-state index in [9.17, 15) is 17.6 Å². The lowest BCUT2D eigenvalue weighted by Gasteiger charge is -2.48. The van der Waals surface area contributed by atoms with Crippen LogP contribution in [0.25, 0.3) is 0 Å². The van der Waals surface area contributed by atoms with Crippen molar-refractivity contribution in [1.29, 1.82) is 0 Å². The van der Waals surface area contributed by atoms with Crippen LogP contribution < -0.4 is 15.0 Å². The molecule has 1 aromatic carbocycles. The Labute approximate surface area is 170 Å². The highest BCUT2D eigenvalue weighted by atomic mass is 19.3. The van der Waals surface area contributed by atoms with Crippen LogP contribution in [0.2, 0.25) is 0 Å². The molecule has 0 aromatic heterocycles. The Morgan fingerprint density at radius 2 is 1.77 bits per heavy atom. The second kappa shape index (κ2) is 10.5. The number of carboxylic acids is 2. The van der Waals surface area contributed by atoms with Crippen molar-refractivity contribution in [1.82, 2.24) is 5.32 Å². The molecule has 11 heteroatoms. The first-order valence-corrected chi connectivity index (χ1v) is 9.46. The third kappa shape index (κ3) is 6.22. The number of piperazine rings is 1. The maximum absolute atomic E-state index is 13.3. The number of nitrogens with one attached hydrogen (secondary N) is 1. The molecule has 1 saturated heterocycles. The number of aliphatic carboxylic acids is 2. The monoisotopic (exact) mass is 436 g/mol. The van der Waals surface area contributed by atoms with Crippen molar-refractivity contribution >= 4 is 17.6 Å². The van der Waals surface area contributed by atoms with Gasteiger partial charge in [0, 0.05) is 30.4 Å². The first-order chi connectivity index (χ1) is 14.1. The number of hydrogen-bond donors (Lipinski definition) is 3. The summed E-state index contributed by atoms with van der Waals surface area (Å²) in [5.74, 6) is -4.10. The van der Waals surface area contributed by atoms with Crippen molar-refractivity contribution in [3.63, 3.8) is 0 Å². The van der Waals surface area contributed by atoms with E-state index in [2.05, 4.69) is 21.9 Å². The van der Waals surface area contributed by atoms with Gasteiger partial charge >= 0.3 is 18.6 Å². The second-order valence-electron chi connectivity index (χ2n) is 7.19. The summed E-state index contributed by atoms with van der Waals surface area (Å²) in [6.07, 6.45) is 1.49. The smallest absolute Gasteiger partial charge is 0.414 e. The van der Waals surface area contributed by atoms with E-state index >= 15 is 0 Å². The van der Waals surface area contributed by atoms with Gasteiger partial charge in [-0.25, -0.2) is 18.4 Å². The van der Waals surface area contributed by atoms with Crippen LogP contribution in [0.15, 0.2) is 18.2 Å². The van der Waals surface area contributed by atoms with Crippen LogP contribution >= 0.6 is 0 Å². The summed E-state index contributed by atoms with van der Waals surface area (Å²) in [7, 11) is 0. The van der Waals surface area contributed by atoms with E-state index < -0.39 is 36.3 Å². The number of rotatable bonds is 4. The summed E-state index contributed by atoms with van der Waals surface area (Å²) in [6, 6.07) is 4.97. The fraction of sp³-hybridized carbons (Fsp3) is 0.579. The topological polar surface area (TPSA) is 99.1 Å². The molecular formula is C19H24F4N2O5. The molecule has 2 fully saturated rings. The Kier molecular flexibility index (Phi) is 8.27.